The number of hydrogen-bond acceptors (Lipinski definition) is 5. The fourth-order valence-corrected chi connectivity index (χ4v) is 2.87. The Labute approximate surface area is 143 Å². The van der Waals surface area contributed by atoms with Gasteiger partial charge in [-0.2, -0.15) is 4.68 Å². The predicted molar refractivity (Wildman–Crippen MR) is 86.6 cm³/mol. The molecule has 2 aromatic heterocycles. The van der Waals surface area contributed by atoms with Gasteiger partial charge >= 0.3 is 5.82 Å². The molecule has 0 aliphatic carbocycles. The van der Waals surface area contributed by atoms with E-state index < -0.39 is 22.5 Å². The van der Waals surface area contributed by atoms with E-state index in [2.05, 4.69) is 10.4 Å². The lowest BCUT2D eigenvalue weighted by Gasteiger charge is -2.04. The molecular formula is C15H10F2N4O3S. The maximum absolute atomic E-state index is 13.6. The molecule has 0 radical (unpaired) electrons. The van der Waals surface area contributed by atoms with Gasteiger partial charge in [0.25, 0.3) is 5.91 Å². The van der Waals surface area contributed by atoms with Crippen LogP contribution in [0.3, 0.4) is 0 Å². The molecule has 3 aromatic rings. The van der Waals surface area contributed by atoms with Crippen molar-refractivity contribution >= 4 is 28.7 Å². The Morgan fingerprint density at radius 1 is 1.32 bits per heavy atom. The van der Waals surface area contributed by atoms with Gasteiger partial charge in [0.2, 0.25) is 0 Å². The van der Waals surface area contributed by atoms with Crippen molar-refractivity contribution in [1.29, 1.82) is 0 Å². The summed E-state index contributed by atoms with van der Waals surface area (Å²) in [6, 6.07) is 5.72. The van der Waals surface area contributed by atoms with Crippen molar-refractivity contribution in [3.8, 4) is 0 Å². The van der Waals surface area contributed by atoms with Crippen molar-refractivity contribution in [3.05, 3.63) is 74.1 Å². The third-order valence-corrected chi connectivity index (χ3v) is 4.19. The quantitative estimate of drug-likeness (QED) is 0.555. The molecule has 1 N–H and O–H groups in total. The van der Waals surface area contributed by atoms with Crippen LogP contribution in [-0.4, -0.2) is 20.6 Å². The van der Waals surface area contributed by atoms with Crippen LogP contribution in [0.2, 0.25) is 0 Å². The molecule has 0 fully saturated rings. The van der Waals surface area contributed by atoms with Crippen LogP contribution in [-0.2, 0) is 6.54 Å². The summed E-state index contributed by atoms with van der Waals surface area (Å²) in [6.45, 7) is 0.253. The monoisotopic (exact) mass is 364 g/mol. The van der Waals surface area contributed by atoms with E-state index in [-0.39, 0.29) is 18.1 Å². The van der Waals surface area contributed by atoms with Crippen LogP contribution in [0, 0.1) is 21.7 Å². The summed E-state index contributed by atoms with van der Waals surface area (Å²) in [7, 11) is 0. The molecule has 0 atom stereocenters. The van der Waals surface area contributed by atoms with Gasteiger partial charge in [0, 0.05) is 6.07 Å². The van der Waals surface area contributed by atoms with Gasteiger partial charge in [0.1, 0.15) is 11.6 Å². The number of carbonyl (C=O) groups is 1. The van der Waals surface area contributed by atoms with Crippen LogP contribution in [0.4, 0.5) is 20.3 Å². The largest absolute Gasteiger partial charge is 0.389 e. The van der Waals surface area contributed by atoms with Gasteiger partial charge in [0.15, 0.2) is 0 Å². The molecule has 2 heterocycles. The van der Waals surface area contributed by atoms with Gasteiger partial charge in [-0.3, -0.25) is 4.79 Å². The van der Waals surface area contributed by atoms with Crippen LogP contribution in [0.25, 0.3) is 0 Å². The summed E-state index contributed by atoms with van der Waals surface area (Å²) in [5, 5.41) is 18.5. The smallest absolute Gasteiger partial charge is 0.358 e. The number of carbonyl (C=O) groups excluding carboxylic acids is 1. The van der Waals surface area contributed by atoms with Crippen molar-refractivity contribution in [2.24, 2.45) is 0 Å². The van der Waals surface area contributed by atoms with Crippen molar-refractivity contribution in [2.45, 2.75) is 6.54 Å². The number of aromatic nitrogens is 2. The first-order valence-corrected chi connectivity index (χ1v) is 7.82. The Hall–Kier alpha value is -3.14. The Kier molecular flexibility index (Phi) is 4.52. The Balaban J connectivity index is 1.69. The summed E-state index contributed by atoms with van der Waals surface area (Å²) in [5.74, 6) is -2.40. The number of thiophene rings is 1. The highest BCUT2D eigenvalue weighted by molar-refractivity contribution is 7.12. The van der Waals surface area contributed by atoms with E-state index in [1.807, 2.05) is 0 Å². The van der Waals surface area contributed by atoms with Crippen LogP contribution in [0.15, 0.2) is 41.9 Å². The molecule has 10 heteroatoms. The number of nitrogens with one attached hydrogen (secondary N) is 1. The number of amides is 1. The topological polar surface area (TPSA) is 90.1 Å². The predicted octanol–water partition coefficient (Wildman–Crippen LogP) is 3.43. The lowest BCUT2D eigenvalue weighted by atomic mass is 10.2. The fraction of sp³-hybridized carbons (Fsp3) is 0.0667. The number of rotatable bonds is 5. The van der Waals surface area contributed by atoms with Gasteiger partial charge < -0.3 is 15.4 Å². The molecule has 0 spiro atoms. The SMILES string of the molecule is O=C(Nc1ccc(F)cc1F)c1cc(Cn2ccc([N+](=O)[O-])n2)cs1. The normalized spacial score (nSPS) is 10.6. The minimum absolute atomic E-state index is 0.121. The van der Waals surface area contributed by atoms with Gasteiger partial charge in [-0.05, 0) is 34.1 Å². The highest BCUT2D eigenvalue weighted by Crippen LogP contribution is 2.20. The summed E-state index contributed by atoms with van der Waals surface area (Å²) >= 11 is 1.13. The van der Waals surface area contributed by atoms with E-state index >= 15 is 0 Å². The maximum atomic E-state index is 13.6. The standard InChI is InChI=1S/C15H10F2N4O3S/c16-10-1-2-12(11(17)6-10)18-15(22)13-5-9(8-25-13)7-20-4-3-14(19-20)21(23)24/h1-6,8H,7H2,(H,18,22). The van der Waals surface area contributed by atoms with E-state index in [4.69, 9.17) is 0 Å². The number of anilines is 1. The van der Waals surface area contributed by atoms with E-state index in [0.717, 1.165) is 23.5 Å². The minimum Gasteiger partial charge on any atom is -0.358 e. The zero-order chi connectivity index (χ0) is 18.0. The second-order valence-electron chi connectivity index (χ2n) is 5.03. The first-order valence-electron chi connectivity index (χ1n) is 6.94. The number of hydrogen-bond donors (Lipinski definition) is 1. The van der Waals surface area contributed by atoms with Gasteiger partial charge in [-0.15, -0.1) is 11.3 Å². The van der Waals surface area contributed by atoms with Crippen molar-refractivity contribution in [3.63, 3.8) is 0 Å². The third-order valence-electron chi connectivity index (χ3n) is 3.22. The average molecular weight is 364 g/mol. The summed E-state index contributed by atoms with van der Waals surface area (Å²) in [5.41, 5.74) is 0.594. The van der Waals surface area contributed by atoms with E-state index in [0.29, 0.717) is 16.5 Å². The maximum Gasteiger partial charge on any atom is 0.389 e. The first kappa shape index (κ1) is 16.7. The average Bonchev–Trinajstić information content (AvgIpc) is 3.20. The van der Waals surface area contributed by atoms with E-state index in [1.54, 1.807) is 11.4 Å². The Morgan fingerprint density at radius 2 is 2.12 bits per heavy atom. The van der Waals surface area contributed by atoms with Crippen LogP contribution in [0.5, 0.6) is 0 Å². The number of halogens is 2. The van der Waals surface area contributed by atoms with Gasteiger partial charge in [0.05, 0.1) is 34.5 Å². The van der Waals surface area contributed by atoms with Crippen molar-refractivity contribution in [2.75, 3.05) is 5.32 Å². The lowest BCUT2D eigenvalue weighted by molar-refractivity contribution is -0.389. The fourth-order valence-electron chi connectivity index (χ4n) is 2.08. The third kappa shape index (κ3) is 3.86. The molecule has 128 valence electrons. The molecule has 0 bridgehead atoms. The second-order valence-corrected chi connectivity index (χ2v) is 5.94. The Bertz CT molecular complexity index is 954. The van der Waals surface area contributed by atoms with E-state index in [1.165, 1.54) is 16.9 Å². The van der Waals surface area contributed by atoms with E-state index in [9.17, 15) is 23.7 Å². The molecule has 1 amide bonds. The molecule has 0 aliphatic rings. The number of nitrogens with zero attached hydrogens (tertiary/aromatic N) is 3. The molecule has 1 aromatic carbocycles. The van der Waals surface area contributed by atoms with Crippen LogP contribution in [0.1, 0.15) is 15.2 Å². The molecule has 3 rings (SSSR count). The second kappa shape index (κ2) is 6.77. The summed E-state index contributed by atoms with van der Waals surface area (Å²) in [4.78, 5) is 22.5. The first-order chi connectivity index (χ1) is 11.9. The van der Waals surface area contributed by atoms with Crippen molar-refractivity contribution < 1.29 is 18.5 Å². The van der Waals surface area contributed by atoms with Gasteiger partial charge in [-0.1, -0.05) is 0 Å². The van der Waals surface area contributed by atoms with Crippen LogP contribution < -0.4 is 5.32 Å². The highest BCUT2D eigenvalue weighted by Gasteiger charge is 2.15. The molecule has 7 nitrogen and oxygen atoms in total. The number of nitro groups is 1. The Morgan fingerprint density at radius 3 is 2.80 bits per heavy atom. The molecule has 25 heavy (non-hydrogen) atoms. The molecule has 0 unspecified atom stereocenters. The molecule has 0 saturated carbocycles. The minimum atomic E-state index is -0.867. The zero-order valence-electron chi connectivity index (χ0n) is 12.5. The summed E-state index contributed by atoms with van der Waals surface area (Å²) in [6.07, 6.45) is 1.46. The molecule has 0 aliphatic heterocycles. The highest BCUT2D eigenvalue weighted by atomic mass is 32.1. The number of benzene rings is 1. The summed E-state index contributed by atoms with van der Waals surface area (Å²) < 4.78 is 27.8. The van der Waals surface area contributed by atoms with Crippen LogP contribution >= 0.6 is 11.3 Å². The zero-order valence-corrected chi connectivity index (χ0v) is 13.3. The van der Waals surface area contributed by atoms with Gasteiger partial charge in [-0.25, -0.2) is 8.78 Å². The van der Waals surface area contributed by atoms with Crippen molar-refractivity contribution in [1.82, 2.24) is 9.78 Å². The molecule has 0 saturated heterocycles. The lowest BCUT2D eigenvalue weighted by Crippen LogP contribution is -2.11. The molecular weight excluding hydrogens is 354 g/mol.